The Labute approximate surface area is 137 Å². The van der Waals surface area contributed by atoms with Gasteiger partial charge in [0.25, 0.3) is 5.91 Å². The maximum atomic E-state index is 12.1. The van der Waals surface area contributed by atoms with Crippen molar-refractivity contribution >= 4 is 46.5 Å². The summed E-state index contributed by atoms with van der Waals surface area (Å²) in [5, 5.41) is 9.80. The van der Waals surface area contributed by atoms with E-state index in [9.17, 15) is 4.79 Å². The van der Waals surface area contributed by atoms with E-state index in [1.165, 1.54) is 6.20 Å². The molecule has 5 nitrogen and oxygen atoms in total. The molecule has 1 amide bonds. The number of nitrogens with zero attached hydrogens (tertiary/aromatic N) is 2. The van der Waals surface area contributed by atoms with Crippen molar-refractivity contribution in [3.63, 3.8) is 0 Å². The zero-order valence-electron chi connectivity index (χ0n) is 11.6. The quantitative estimate of drug-likeness (QED) is 0.850. The molecule has 0 fully saturated rings. The molecule has 0 bridgehead atoms. The predicted octanol–water partition coefficient (Wildman–Crippen LogP) is 4.31. The SMILES string of the molecule is CC(C)(C)c1cc(NC(=O)c2ncc(Cl)c(Cl)c2Cl)n[nH]1. The van der Waals surface area contributed by atoms with Crippen molar-refractivity contribution in [2.24, 2.45) is 0 Å². The lowest BCUT2D eigenvalue weighted by Crippen LogP contribution is -2.15. The number of aromatic amines is 1. The fraction of sp³-hybridized carbons (Fsp3) is 0.308. The van der Waals surface area contributed by atoms with E-state index in [1.54, 1.807) is 6.07 Å². The Kier molecular flexibility index (Phi) is 4.46. The molecule has 0 aromatic carbocycles. The first-order valence-corrected chi connectivity index (χ1v) is 7.20. The molecule has 0 saturated carbocycles. The van der Waals surface area contributed by atoms with Crippen LogP contribution in [0.4, 0.5) is 5.82 Å². The first kappa shape index (κ1) is 16.1. The molecule has 0 saturated heterocycles. The van der Waals surface area contributed by atoms with Gasteiger partial charge in [-0.15, -0.1) is 0 Å². The molecular formula is C13H13Cl3N4O. The number of carbonyl (C=O) groups excluding carboxylic acids is 1. The van der Waals surface area contributed by atoms with Gasteiger partial charge in [-0.25, -0.2) is 4.98 Å². The number of carbonyl (C=O) groups is 1. The largest absolute Gasteiger partial charge is 0.304 e. The monoisotopic (exact) mass is 346 g/mol. The number of anilines is 1. The minimum Gasteiger partial charge on any atom is -0.304 e. The van der Waals surface area contributed by atoms with Gasteiger partial charge in [0.05, 0.1) is 15.1 Å². The molecule has 0 aliphatic heterocycles. The smallest absolute Gasteiger partial charge is 0.277 e. The van der Waals surface area contributed by atoms with Gasteiger partial charge in [-0.05, 0) is 0 Å². The summed E-state index contributed by atoms with van der Waals surface area (Å²) in [7, 11) is 0. The van der Waals surface area contributed by atoms with Crippen molar-refractivity contribution in [2.45, 2.75) is 26.2 Å². The zero-order valence-corrected chi connectivity index (χ0v) is 13.9. The lowest BCUT2D eigenvalue weighted by Gasteiger charge is -2.14. The average molecular weight is 348 g/mol. The lowest BCUT2D eigenvalue weighted by molar-refractivity contribution is 0.102. The summed E-state index contributed by atoms with van der Waals surface area (Å²) in [5.41, 5.74) is 0.785. The fourth-order valence-electron chi connectivity index (χ4n) is 1.55. The van der Waals surface area contributed by atoms with Gasteiger partial charge in [0, 0.05) is 23.4 Å². The second-order valence-corrected chi connectivity index (χ2v) is 6.62. The highest BCUT2D eigenvalue weighted by molar-refractivity contribution is 6.49. The highest BCUT2D eigenvalue weighted by atomic mass is 35.5. The van der Waals surface area contributed by atoms with Gasteiger partial charge in [0.2, 0.25) is 0 Å². The van der Waals surface area contributed by atoms with Gasteiger partial charge in [-0.1, -0.05) is 55.6 Å². The Morgan fingerprint density at radius 1 is 1.24 bits per heavy atom. The van der Waals surface area contributed by atoms with Gasteiger partial charge >= 0.3 is 0 Å². The van der Waals surface area contributed by atoms with Crippen molar-refractivity contribution < 1.29 is 4.79 Å². The minimum absolute atomic E-state index is 0.00764. The van der Waals surface area contributed by atoms with Crippen molar-refractivity contribution in [1.82, 2.24) is 15.2 Å². The maximum Gasteiger partial charge on any atom is 0.277 e. The second-order valence-electron chi connectivity index (χ2n) is 5.45. The zero-order chi connectivity index (χ0) is 15.8. The van der Waals surface area contributed by atoms with Crippen LogP contribution in [0.2, 0.25) is 15.1 Å². The molecule has 2 N–H and O–H groups in total. The van der Waals surface area contributed by atoms with E-state index in [1.807, 2.05) is 20.8 Å². The standard InChI is InChI=1S/C13H13Cl3N4O/c1-13(2,3)7-4-8(20-19-7)18-12(21)11-10(16)9(15)6(14)5-17-11/h4-5H,1-3H3,(H2,18,19,20,21). The van der Waals surface area contributed by atoms with Crippen LogP contribution >= 0.6 is 34.8 Å². The third-order valence-electron chi connectivity index (χ3n) is 2.76. The minimum atomic E-state index is -0.509. The van der Waals surface area contributed by atoms with Crippen LogP contribution in [0.25, 0.3) is 0 Å². The summed E-state index contributed by atoms with van der Waals surface area (Å²) in [6.07, 6.45) is 1.27. The van der Waals surface area contributed by atoms with E-state index < -0.39 is 5.91 Å². The van der Waals surface area contributed by atoms with Crippen LogP contribution in [-0.4, -0.2) is 21.1 Å². The number of hydrogen-bond donors (Lipinski definition) is 2. The summed E-state index contributed by atoms with van der Waals surface area (Å²) >= 11 is 17.6. The molecule has 2 heterocycles. The summed E-state index contributed by atoms with van der Waals surface area (Å²) in [4.78, 5) is 16.0. The van der Waals surface area contributed by atoms with E-state index in [0.29, 0.717) is 5.82 Å². The second kappa shape index (κ2) is 5.83. The highest BCUT2D eigenvalue weighted by Gasteiger charge is 2.20. The van der Waals surface area contributed by atoms with Crippen LogP contribution in [0.5, 0.6) is 0 Å². The number of rotatable bonds is 2. The van der Waals surface area contributed by atoms with Gasteiger partial charge in [-0.3, -0.25) is 9.89 Å². The number of H-pyrrole nitrogens is 1. The topological polar surface area (TPSA) is 70.7 Å². The molecule has 0 unspecified atom stereocenters. The molecule has 0 spiro atoms. The van der Waals surface area contributed by atoms with Crippen molar-refractivity contribution in [2.75, 3.05) is 5.32 Å². The molecule has 8 heteroatoms. The Morgan fingerprint density at radius 2 is 1.90 bits per heavy atom. The maximum absolute atomic E-state index is 12.1. The van der Waals surface area contributed by atoms with E-state index in [-0.39, 0.29) is 26.2 Å². The first-order chi connectivity index (χ1) is 9.70. The van der Waals surface area contributed by atoms with Crippen molar-refractivity contribution in [1.29, 1.82) is 0 Å². The molecule has 0 atom stereocenters. The average Bonchev–Trinajstić information content (AvgIpc) is 2.84. The molecule has 2 rings (SSSR count). The van der Waals surface area contributed by atoms with E-state index >= 15 is 0 Å². The summed E-state index contributed by atoms with van der Waals surface area (Å²) < 4.78 is 0. The molecular weight excluding hydrogens is 335 g/mol. The molecule has 2 aromatic rings. The van der Waals surface area contributed by atoms with Crippen molar-refractivity contribution in [3.8, 4) is 0 Å². The molecule has 112 valence electrons. The molecule has 0 aliphatic rings. The number of hydrogen-bond acceptors (Lipinski definition) is 3. The Morgan fingerprint density at radius 3 is 2.48 bits per heavy atom. The number of nitrogens with one attached hydrogen (secondary N) is 2. The van der Waals surface area contributed by atoms with Crippen molar-refractivity contribution in [3.05, 3.63) is 38.7 Å². The summed E-state index contributed by atoms with van der Waals surface area (Å²) in [6.45, 7) is 6.09. The predicted molar refractivity (Wildman–Crippen MR) is 84.5 cm³/mol. The van der Waals surface area contributed by atoms with Gasteiger partial charge in [-0.2, -0.15) is 5.10 Å². The summed E-state index contributed by atoms with van der Waals surface area (Å²) in [6, 6.07) is 1.75. The Balaban J connectivity index is 2.23. The third-order valence-corrected chi connectivity index (χ3v) is 4.00. The third kappa shape index (κ3) is 3.48. The molecule has 2 aromatic heterocycles. The summed E-state index contributed by atoms with van der Waals surface area (Å²) in [5.74, 6) is -0.126. The molecule has 0 radical (unpaired) electrons. The van der Waals surface area contributed by atoms with Crippen LogP contribution < -0.4 is 5.32 Å². The van der Waals surface area contributed by atoms with Gasteiger partial charge < -0.3 is 5.32 Å². The van der Waals surface area contributed by atoms with E-state index in [2.05, 4.69) is 20.5 Å². The van der Waals surface area contributed by atoms with E-state index in [4.69, 9.17) is 34.8 Å². The van der Waals surface area contributed by atoms with Crippen LogP contribution in [0.3, 0.4) is 0 Å². The highest BCUT2D eigenvalue weighted by Crippen LogP contribution is 2.31. The number of halogens is 3. The first-order valence-electron chi connectivity index (χ1n) is 6.07. The van der Waals surface area contributed by atoms with Crippen LogP contribution in [-0.2, 0) is 5.41 Å². The Bertz CT molecular complexity index is 691. The normalized spacial score (nSPS) is 11.5. The fourth-order valence-corrected chi connectivity index (χ4v) is 2.11. The number of aromatic nitrogens is 3. The Hall–Kier alpha value is -1.30. The molecule has 0 aliphatic carbocycles. The number of pyridine rings is 1. The van der Waals surface area contributed by atoms with Crippen LogP contribution in [0.15, 0.2) is 12.3 Å². The number of amides is 1. The lowest BCUT2D eigenvalue weighted by atomic mass is 9.92. The molecule has 21 heavy (non-hydrogen) atoms. The van der Waals surface area contributed by atoms with Gasteiger partial charge in [0.1, 0.15) is 5.69 Å². The van der Waals surface area contributed by atoms with Gasteiger partial charge in [0.15, 0.2) is 5.82 Å². The van der Waals surface area contributed by atoms with E-state index in [0.717, 1.165) is 5.69 Å². The van der Waals surface area contributed by atoms with Crippen LogP contribution in [0.1, 0.15) is 37.0 Å². The van der Waals surface area contributed by atoms with Crippen LogP contribution in [0, 0.1) is 0 Å².